The first-order chi connectivity index (χ1) is 5.58. The second-order valence-electron chi connectivity index (χ2n) is 3.84. The van der Waals surface area contributed by atoms with Crippen LogP contribution in [0.4, 0.5) is 0 Å². The van der Waals surface area contributed by atoms with Gasteiger partial charge in [-0.2, -0.15) is 0 Å². The van der Waals surface area contributed by atoms with Gasteiger partial charge in [0.25, 0.3) is 0 Å². The van der Waals surface area contributed by atoms with Crippen molar-refractivity contribution >= 4 is 0 Å². The Morgan fingerprint density at radius 2 is 2.25 bits per heavy atom. The maximum absolute atomic E-state index is 6.03. The Morgan fingerprint density at radius 1 is 1.58 bits per heavy atom. The monoisotopic (exact) mass is 167 g/mol. The first kappa shape index (κ1) is 9.33. The second-order valence-corrected chi connectivity index (χ2v) is 3.84. The number of hydrogen-bond acceptors (Lipinski definition) is 2. The molecule has 0 bridgehead atoms. The standard InChI is InChI=1S/C10H17NO/c1-4-10(2,3)9(11)8-6-5-7-12-8/h5-7,9H,4,11H2,1-3H3. The van der Waals surface area contributed by atoms with Crippen molar-refractivity contribution in [1.29, 1.82) is 0 Å². The highest BCUT2D eigenvalue weighted by Gasteiger charge is 2.27. The highest BCUT2D eigenvalue weighted by molar-refractivity contribution is 5.06. The van der Waals surface area contributed by atoms with Crippen molar-refractivity contribution in [3.8, 4) is 0 Å². The minimum absolute atomic E-state index is 0.00231. The van der Waals surface area contributed by atoms with E-state index in [0.717, 1.165) is 12.2 Å². The molecule has 1 unspecified atom stereocenters. The molecule has 0 spiro atoms. The predicted octanol–water partition coefficient (Wildman–Crippen LogP) is 2.72. The van der Waals surface area contributed by atoms with Crippen molar-refractivity contribution < 1.29 is 4.42 Å². The molecule has 1 atom stereocenters. The van der Waals surface area contributed by atoms with Crippen LogP contribution in [0.5, 0.6) is 0 Å². The van der Waals surface area contributed by atoms with Crippen molar-refractivity contribution in [2.24, 2.45) is 11.1 Å². The molecular weight excluding hydrogens is 150 g/mol. The summed E-state index contributed by atoms with van der Waals surface area (Å²) in [7, 11) is 0. The molecule has 2 nitrogen and oxygen atoms in total. The molecule has 1 rings (SSSR count). The van der Waals surface area contributed by atoms with Crippen LogP contribution in [0, 0.1) is 5.41 Å². The number of furan rings is 1. The summed E-state index contributed by atoms with van der Waals surface area (Å²) < 4.78 is 5.26. The molecule has 68 valence electrons. The summed E-state index contributed by atoms with van der Waals surface area (Å²) in [4.78, 5) is 0. The minimum Gasteiger partial charge on any atom is -0.468 e. The second kappa shape index (κ2) is 3.31. The summed E-state index contributed by atoms with van der Waals surface area (Å²) in [6.45, 7) is 6.45. The highest BCUT2D eigenvalue weighted by Crippen LogP contribution is 2.34. The molecule has 0 aliphatic carbocycles. The van der Waals surface area contributed by atoms with Gasteiger partial charge in [0, 0.05) is 0 Å². The molecule has 12 heavy (non-hydrogen) atoms. The smallest absolute Gasteiger partial charge is 0.120 e. The van der Waals surface area contributed by atoms with E-state index in [2.05, 4.69) is 20.8 Å². The Hall–Kier alpha value is -0.760. The maximum atomic E-state index is 6.03. The van der Waals surface area contributed by atoms with Gasteiger partial charge in [-0.15, -0.1) is 0 Å². The van der Waals surface area contributed by atoms with Crippen LogP contribution >= 0.6 is 0 Å². The van der Waals surface area contributed by atoms with E-state index in [1.165, 1.54) is 0 Å². The Labute approximate surface area is 73.8 Å². The van der Waals surface area contributed by atoms with Crippen LogP contribution in [-0.2, 0) is 0 Å². The third-order valence-electron chi connectivity index (χ3n) is 2.60. The quantitative estimate of drug-likeness (QED) is 0.751. The topological polar surface area (TPSA) is 39.2 Å². The molecule has 1 heterocycles. The van der Waals surface area contributed by atoms with Crippen molar-refractivity contribution in [1.82, 2.24) is 0 Å². The van der Waals surface area contributed by atoms with Crippen molar-refractivity contribution in [3.63, 3.8) is 0 Å². The minimum atomic E-state index is -0.00231. The Kier molecular flexibility index (Phi) is 2.58. The number of rotatable bonds is 3. The lowest BCUT2D eigenvalue weighted by atomic mass is 9.81. The zero-order valence-corrected chi connectivity index (χ0v) is 8.00. The molecule has 0 fully saturated rings. The first-order valence-corrected chi connectivity index (χ1v) is 4.37. The average Bonchev–Trinajstić information content (AvgIpc) is 2.55. The normalized spacial score (nSPS) is 14.7. The lowest BCUT2D eigenvalue weighted by molar-refractivity contribution is 0.247. The summed E-state index contributed by atoms with van der Waals surface area (Å²) in [5, 5.41) is 0. The van der Waals surface area contributed by atoms with Crippen LogP contribution in [0.25, 0.3) is 0 Å². The van der Waals surface area contributed by atoms with Crippen molar-refractivity contribution in [3.05, 3.63) is 24.2 Å². The largest absolute Gasteiger partial charge is 0.468 e. The summed E-state index contributed by atoms with van der Waals surface area (Å²) in [5.74, 6) is 0.877. The summed E-state index contributed by atoms with van der Waals surface area (Å²) in [6, 6.07) is 3.81. The fourth-order valence-electron chi connectivity index (χ4n) is 1.07. The van der Waals surface area contributed by atoms with Crippen LogP contribution in [-0.4, -0.2) is 0 Å². The van der Waals surface area contributed by atoms with Gasteiger partial charge in [-0.05, 0) is 24.0 Å². The number of nitrogens with two attached hydrogens (primary N) is 1. The molecular formula is C10H17NO. The zero-order valence-electron chi connectivity index (χ0n) is 8.00. The van der Waals surface area contributed by atoms with Crippen molar-refractivity contribution in [2.75, 3.05) is 0 Å². The van der Waals surface area contributed by atoms with Gasteiger partial charge < -0.3 is 10.2 Å². The van der Waals surface area contributed by atoms with Crippen LogP contribution in [0.3, 0.4) is 0 Å². The van der Waals surface area contributed by atoms with Gasteiger partial charge in [0.1, 0.15) is 5.76 Å². The SMILES string of the molecule is CCC(C)(C)C(N)c1ccco1. The molecule has 0 saturated heterocycles. The zero-order chi connectivity index (χ0) is 9.19. The van der Waals surface area contributed by atoms with E-state index in [1.807, 2.05) is 12.1 Å². The fraction of sp³-hybridized carbons (Fsp3) is 0.600. The molecule has 1 aromatic rings. The third-order valence-corrected chi connectivity index (χ3v) is 2.60. The van der Waals surface area contributed by atoms with Gasteiger partial charge in [-0.3, -0.25) is 0 Å². The van der Waals surface area contributed by atoms with Gasteiger partial charge >= 0.3 is 0 Å². The van der Waals surface area contributed by atoms with E-state index < -0.39 is 0 Å². The molecule has 1 aromatic heterocycles. The average molecular weight is 167 g/mol. The molecule has 0 saturated carbocycles. The molecule has 0 radical (unpaired) electrons. The number of hydrogen-bond donors (Lipinski definition) is 1. The predicted molar refractivity (Wildman–Crippen MR) is 49.7 cm³/mol. The molecule has 2 N–H and O–H groups in total. The van der Waals surface area contributed by atoms with Crippen LogP contribution in [0.15, 0.2) is 22.8 Å². The lowest BCUT2D eigenvalue weighted by Gasteiger charge is -2.28. The molecule has 2 heteroatoms. The van der Waals surface area contributed by atoms with Gasteiger partial charge in [-0.25, -0.2) is 0 Å². The van der Waals surface area contributed by atoms with Crippen LogP contribution in [0.2, 0.25) is 0 Å². The van der Waals surface area contributed by atoms with Crippen molar-refractivity contribution in [2.45, 2.75) is 33.2 Å². The molecule has 0 aromatic carbocycles. The van der Waals surface area contributed by atoms with Gasteiger partial charge in [0.2, 0.25) is 0 Å². The van der Waals surface area contributed by atoms with Gasteiger partial charge in [0.05, 0.1) is 12.3 Å². The Bertz CT molecular complexity index is 226. The van der Waals surface area contributed by atoms with Gasteiger partial charge in [-0.1, -0.05) is 20.8 Å². The van der Waals surface area contributed by atoms with E-state index in [4.69, 9.17) is 10.2 Å². The van der Waals surface area contributed by atoms with Crippen LogP contribution in [0.1, 0.15) is 39.0 Å². The van der Waals surface area contributed by atoms with E-state index in [-0.39, 0.29) is 11.5 Å². The highest BCUT2D eigenvalue weighted by atomic mass is 16.3. The Morgan fingerprint density at radius 3 is 2.67 bits per heavy atom. The first-order valence-electron chi connectivity index (χ1n) is 4.37. The lowest BCUT2D eigenvalue weighted by Crippen LogP contribution is -2.28. The molecule has 0 aliphatic heterocycles. The van der Waals surface area contributed by atoms with E-state index in [9.17, 15) is 0 Å². The molecule has 0 amide bonds. The summed E-state index contributed by atoms with van der Waals surface area (Å²) in [6.07, 6.45) is 2.72. The summed E-state index contributed by atoms with van der Waals surface area (Å²) >= 11 is 0. The van der Waals surface area contributed by atoms with Gasteiger partial charge in [0.15, 0.2) is 0 Å². The summed E-state index contributed by atoms with van der Waals surface area (Å²) in [5.41, 5.74) is 6.14. The molecule has 0 aliphatic rings. The maximum Gasteiger partial charge on any atom is 0.120 e. The van der Waals surface area contributed by atoms with E-state index >= 15 is 0 Å². The third kappa shape index (κ3) is 1.69. The van der Waals surface area contributed by atoms with E-state index in [0.29, 0.717) is 0 Å². The van der Waals surface area contributed by atoms with E-state index in [1.54, 1.807) is 6.26 Å². The van der Waals surface area contributed by atoms with Crippen LogP contribution < -0.4 is 5.73 Å². The fourth-order valence-corrected chi connectivity index (χ4v) is 1.07. The Balaban J connectivity index is 2.78.